The number of esters is 1. The fraction of sp³-hybridized carbons (Fsp3) is 0.533. The second kappa shape index (κ2) is 6.37. The SMILES string of the molecule is COC(=O)c1ccc(C(Br)CCC2CCC2)cc1. The molecule has 1 aliphatic carbocycles. The van der Waals surface area contributed by atoms with E-state index in [1.165, 1.54) is 44.8 Å². The molecule has 0 saturated heterocycles. The summed E-state index contributed by atoms with van der Waals surface area (Å²) in [5, 5.41) is 0. The lowest BCUT2D eigenvalue weighted by Gasteiger charge is -2.26. The van der Waals surface area contributed by atoms with Crippen LogP contribution >= 0.6 is 15.9 Å². The fourth-order valence-electron chi connectivity index (χ4n) is 2.28. The average Bonchev–Trinajstić information content (AvgIpc) is 2.36. The van der Waals surface area contributed by atoms with Crippen LogP contribution in [0.15, 0.2) is 24.3 Å². The van der Waals surface area contributed by atoms with Crippen LogP contribution in [0.5, 0.6) is 0 Å². The maximum Gasteiger partial charge on any atom is 0.337 e. The van der Waals surface area contributed by atoms with Crippen LogP contribution in [0.4, 0.5) is 0 Å². The number of carbonyl (C=O) groups excluding carboxylic acids is 1. The van der Waals surface area contributed by atoms with E-state index in [0.717, 1.165) is 5.92 Å². The van der Waals surface area contributed by atoms with Gasteiger partial charge in [-0.05, 0) is 36.5 Å². The molecule has 0 N–H and O–H groups in total. The summed E-state index contributed by atoms with van der Waals surface area (Å²) in [5.74, 6) is 0.668. The molecule has 0 heterocycles. The molecule has 0 aliphatic heterocycles. The van der Waals surface area contributed by atoms with Crippen molar-refractivity contribution < 1.29 is 9.53 Å². The van der Waals surface area contributed by atoms with Crippen LogP contribution in [0.25, 0.3) is 0 Å². The van der Waals surface area contributed by atoms with E-state index in [0.29, 0.717) is 10.4 Å². The van der Waals surface area contributed by atoms with Crippen molar-refractivity contribution in [3.8, 4) is 0 Å². The Kier molecular flexibility index (Phi) is 4.81. The van der Waals surface area contributed by atoms with E-state index in [1.807, 2.05) is 24.3 Å². The number of rotatable bonds is 5. The lowest BCUT2D eigenvalue weighted by molar-refractivity contribution is 0.0600. The summed E-state index contributed by atoms with van der Waals surface area (Å²) in [4.78, 5) is 11.7. The normalized spacial score (nSPS) is 17.0. The summed E-state index contributed by atoms with van der Waals surface area (Å²) < 4.78 is 4.69. The van der Waals surface area contributed by atoms with E-state index in [2.05, 4.69) is 20.7 Å². The monoisotopic (exact) mass is 310 g/mol. The van der Waals surface area contributed by atoms with Crippen molar-refractivity contribution in [3.63, 3.8) is 0 Å². The quantitative estimate of drug-likeness (QED) is 0.591. The molecule has 98 valence electrons. The molecule has 1 unspecified atom stereocenters. The van der Waals surface area contributed by atoms with Crippen LogP contribution < -0.4 is 0 Å². The maximum absolute atomic E-state index is 11.3. The summed E-state index contributed by atoms with van der Waals surface area (Å²) in [7, 11) is 1.40. The van der Waals surface area contributed by atoms with Crippen LogP contribution in [0.2, 0.25) is 0 Å². The Hall–Kier alpha value is -0.830. The number of alkyl halides is 1. The van der Waals surface area contributed by atoms with Gasteiger partial charge in [0.1, 0.15) is 0 Å². The Morgan fingerprint density at radius 1 is 1.39 bits per heavy atom. The van der Waals surface area contributed by atoms with E-state index in [1.54, 1.807) is 0 Å². The van der Waals surface area contributed by atoms with E-state index in [-0.39, 0.29) is 5.97 Å². The smallest absolute Gasteiger partial charge is 0.337 e. The zero-order valence-corrected chi connectivity index (χ0v) is 12.3. The van der Waals surface area contributed by atoms with E-state index >= 15 is 0 Å². The molecule has 1 aliphatic rings. The molecule has 0 spiro atoms. The van der Waals surface area contributed by atoms with Gasteiger partial charge in [0, 0.05) is 4.83 Å². The third-order valence-electron chi connectivity index (χ3n) is 3.75. The highest BCUT2D eigenvalue weighted by atomic mass is 79.9. The van der Waals surface area contributed by atoms with Crippen molar-refractivity contribution in [1.29, 1.82) is 0 Å². The number of halogens is 1. The molecule has 0 aromatic heterocycles. The highest BCUT2D eigenvalue weighted by molar-refractivity contribution is 9.09. The molecule has 2 nitrogen and oxygen atoms in total. The largest absolute Gasteiger partial charge is 0.465 e. The molecular weight excluding hydrogens is 292 g/mol. The average molecular weight is 311 g/mol. The Balaban J connectivity index is 1.89. The molecule has 0 radical (unpaired) electrons. The van der Waals surface area contributed by atoms with Gasteiger partial charge in [-0.3, -0.25) is 0 Å². The van der Waals surface area contributed by atoms with Gasteiger partial charge in [-0.25, -0.2) is 4.79 Å². The highest BCUT2D eigenvalue weighted by Crippen LogP contribution is 2.36. The number of ether oxygens (including phenoxy) is 1. The van der Waals surface area contributed by atoms with Crippen LogP contribution in [-0.2, 0) is 4.74 Å². The number of carbonyl (C=O) groups is 1. The summed E-state index contributed by atoms with van der Waals surface area (Å²) in [6, 6.07) is 7.68. The second-order valence-corrected chi connectivity index (χ2v) is 6.06. The lowest BCUT2D eigenvalue weighted by Crippen LogP contribution is -2.11. The van der Waals surface area contributed by atoms with Crippen molar-refractivity contribution in [2.75, 3.05) is 7.11 Å². The van der Waals surface area contributed by atoms with Crippen molar-refractivity contribution in [2.24, 2.45) is 5.92 Å². The van der Waals surface area contributed by atoms with Crippen LogP contribution in [0, 0.1) is 5.92 Å². The minimum atomic E-state index is -0.276. The van der Waals surface area contributed by atoms with Gasteiger partial charge in [0.25, 0.3) is 0 Å². The molecule has 1 aromatic carbocycles. The lowest BCUT2D eigenvalue weighted by atomic mass is 9.81. The van der Waals surface area contributed by atoms with Gasteiger partial charge in [0.05, 0.1) is 12.7 Å². The molecule has 1 atom stereocenters. The topological polar surface area (TPSA) is 26.3 Å². The Morgan fingerprint density at radius 2 is 2.06 bits per heavy atom. The minimum absolute atomic E-state index is 0.276. The molecule has 1 aromatic rings. The van der Waals surface area contributed by atoms with E-state index in [4.69, 9.17) is 0 Å². The zero-order valence-electron chi connectivity index (χ0n) is 10.7. The Bertz CT molecular complexity index is 395. The first-order valence-electron chi connectivity index (χ1n) is 6.53. The first-order valence-corrected chi connectivity index (χ1v) is 7.44. The third kappa shape index (κ3) is 3.35. The number of methoxy groups -OCH3 is 1. The molecule has 1 saturated carbocycles. The molecule has 18 heavy (non-hydrogen) atoms. The van der Waals surface area contributed by atoms with Crippen molar-refractivity contribution in [2.45, 2.75) is 36.9 Å². The van der Waals surface area contributed by atoms with Gasteiger partial charge >= 0.3 is 5.97 Å². The van der Waals surface area contributed by atoms with Crippen LogP contribution in [0.3, 0.4) is 0 Å². The Morgan fingerprint density at radius 3 is 2.56 bits per heavy atom. The molecule has 0 amide bonds. The number of benzene rings is 1. The molecular formula is C15H19BrO2. The number of hydrogen-bond acceptors (Lipinski definition) is 2. The number of hydrogen-bond donors (Lipinski definition) is 0. The molecule has 1 fully saturated rings. The summed E-state index contributed by atoms with van der Waals surface area (Å²) in [6.07, 6.45) is 6.68. The maximum atomic E-state index is 11.3. The van der Waals surface area contributed by atoms with Gasteiger partial charge in [0.15, 0.2) is 0 Å². The van der Waals surface area contributed by atoms with Gasteiger partial charge in [0.2, 0.25) is 0 Å². The standard InChI is InChI=1S/C15H19BrO2/c1-18-15(17)13-8-6-12(7-9-13)14(16)10-5-11-3-2-4-11/h6-9,11,14H,2-5,10H2,1H3. The van der Waals surface area contributed by atoms with E-state index < -0.39 is 0 Å². The molecule has 2 rings (SSSR count). The Labute approximate surface area is 117 Å². The second-order valence-electron chi connectivity index (χ2n) is 4.96. The summed E-state index contributed by atoms with van der Waals surface area (Å²) in [5.41, 5.74) is 1.85. The van der Waals surface area contributed by atoms with E-state index in [9.17, 15) is 4.79 Å². The van der Waals surface area contributed by atoms with Gasteiger partial charge in [-0.2, -0.15) is 0 Å². The van der Waals surface area contributed by atoms with Crippen molar-refractivity contribution >= 4 is 21.9 Å². The predicted molar refractivity (Wildman–Crippen MR) is 76.0 cm³/mol. The van der Waals surface area contributed by atoms with Gasteiger partial charge in [-0.15, -0.1) is 0 Å². The molecule has 0 bridgehead atoms. The van der Waals surface area contributed by atoms with Gasteiger partial charge < -0.3 is 4.74 Å². The van der Waals surface area contributed by atoms with Crippen molar-refractivity contribution in [3.05, 3.63) is 35.4 Å². The minimum Gasteiger partial charge on any atom is -0.465 e. The van der Waals surface area contributed by atoms with Crippen LogP contribution in [-0.4, -0.2) is 13.1 Å². The first kappa shape index (κ1) is 13.6. The van der Waals surface area contributed by atoms with Crippen molar-refractivity contribution in [1.82, 2.24) is 0 Å². The molecule has 3 heteroatoms. The third-order valence-corrected chi connectivity index (χ3v) is 4.73. The predicted octanol–water partition coefficient (Wildman–Crippen LogP) is 4.49. The zero-order chi connectivity index (χ0) is 13.0. The van der Waals surface area contributed by atoms with Crippen LogP contribution in [0.1, 0.15) is 52.9 Å². The summed E-state index contributed by atoms with van der Waals surface area (Å²) in [6.45, 7) is 0. The fourth-order valence-corrected chi connectivity index (χ4v) is 2.85. The summed E-state index contributed by atoms with van der Waals surface area (Å²) >= 11 is 3.73. The first-order chi connectivity index (χ1) is 8.70. The highest BCUT2D eigenvalue weighted by Gasteiger charge is 2.19. The van der Waals surface area contributed by atoms with Gasteiger partial charge in [-0.1, -0.05) is 47.3 Å².